The third kappa shape index (κ3) is 8.55. The Kier molecular flexibility index (Phi) is 9.88. The molecule has 238 valence electrons. The number of hydrogen-bond donors (Lipinski definition) is 1. The van der Waals surface area contributed by atoms with Gasteiger partial charge in [0.15, 0.2) is 0 Å². The van der Waals surface area contributed by atoms with Crippen molar-refractivity contribution in [1.29, 1.82) is 0 Å². The normalized spacial score (nSPS) is 15.1. The van der Waals surface area contributed by atoms with Gasteiger partial charge in [-0.25, -0.2) is 4.79 Å². The first-order valence-corrected chi connectivity index (χ1v) is 16.4. The minimum atomic E-state index is -0.570. The number of aryl methyl sites for hydroxylation is 1. The number of anilines is 1. The van der Waals surface area contributed by atoms with Crippen molar-refractivity contribution in [3.8, 4) is 11.1 Å². The summed E-state index contributed by atoms with van der Waals surface area (Å²) < 4.78 is 5.54. The zero-order chi connectivity index (χ0) is 33.1. The molecule has 1 aliphatic carbocycles. The quantitative estimate of drug-likeness (QED) is 0.196. The third-order valence-electron chi connectivity index (χ3n) is 8.63. The Balaban J connectivity index is 1.41. The predicted molar refractivity (Wildman–Crippen MR) is 190 cm³/mol. The summed E-state index contributed by atoms with van der Waals surface area (Å²) in [6.45, 7) is 12.2. The van der Waals surface area contributed by atoms with Crippen LogP contribution in [0.25, 0.3) is 16.7 Å². The van der Waals surface area contributed by atoms with Crippen LogP contribution in [-0.4, -0.2) is 17.5 Å². The molecule has 4 aromatic carbocycles. The number of esters is 1. The maximum Gasteiger partial charge on any atom is 0.338 e. The Labute approximate surface area is 278 Å². The number of carbonyl (C=O) groups is 2. The van der Waals surface area contributed by atoms with Crippen LogP contribution in [-0.2, 0) is 16.0 Å². The molecule has 46 heavy (non-hydrogen) atoms. The molecule has 0 spiro atoms. The summed E-state index contributed by atoms with van der Waals surface area (Å²) in [5, 5.41) is 3.89. The largest absolute Gasteiger partial charge is 0.456 e. The van der Waals surface area contributed by atoms with Gasteiger partial charge in [-0.1, -0.05) is 86.1 Å². The first-order valence-electron chi connectivity index (χ1n) is 16.1. The zero-order valence-electron chi connectivity index (χ0n) is 27.7. The van der Waals surface area contributed by atoms with E-state index in [-0.39, 0.29) is 11.9 Å². The molecule has 0 bridgehead atoms. The van der Waals surface area contributed by atoms with E-state index < -0.39 is 11.5 Å². The zero-order valence-corrected chi connectivity index (χ0v) is 28.5. The van der Waals surface area contributed by atoms with Crippen molar-refractivity contribution in [3.63, 3.8) is 0 Å². The van der Waals surface area contributed by atoms with Crippen LogP contribution >= 0.6 is 11.6 Å². The molecule has 4 nitrogen and oxygen atoms in total. The van der Waals surface area contributed by atoms with Crippen LogP contribution < -0.4 is 5.32 Å². The van der Waals surface area contributed by atoms with Gasteiger partial charge < -0.3 is 10.1 Å². The molecule has 0 aliphatic heterocycles. The molecule has 0 heterocycles. The SMILES string of the molecule is Cc1cc(Cl)ccc1-c1ccc(NC(=O)[C@H](Cc2ccc(C(=O)OC(C)(C)C)cc2)c2cccc(C3=CCC(C)(C)CC3)c2)cc1. The van der Waals surface area contributed by atoms with Crippen LogP contribution in [0.15, 0.2) is 97.1 Å². The molecule has 0 radical (unpaired) electrons. The van der Waals surface area contributed by atoms with Crippen molar-refractivity contribution in [2.24, 2.45) is 5.41 Å². The summed E-state index contributed by atoms with van der Waals surface area (Å²) in [7, 11) is 0. The Morgan fingerprint density at radius 1 is 0.913 bits per heavy atom. The number of ether oxygens (including phenoxy) is 1. The molecule has 0 saturated heterocycles. The maximum absolute atomic E-state index is 14.1. The minimum absolute atomic E-state index is 0.0810. The number of nitrogens with one attached hydrogen (secondary N) is 1. The molecule has 5 rings (SSSR count). The van der Waals surface area contributed by atoms with Crippen molar-refractivity contribution >= 4 is 34.7 Å². The van der Waals surface area contributed by atoms with Gasteiger partial charge >= 0.3 is 5.97 Å². The molecule has 0 saturated carbocycles. The summed E-state index contributed by atoms with van der Waals surface area (Å²) >= 11 is 6.16. The van der Waals surface area contributed by atoms with Crippen molar-refractivity contribution in [1.82, 2.24) is 0 Å². The fourth-order valence-electron chi connectivity index (χ4n) is 5.92. The average Bonchev–Trinajstić information content (AvgIpc) is 3.00. The van der Waals surface area contributed by atoms with Gasteiger partial charge in [0.1, 0.15) is 5.60 Å². The molecular formula is C41H44ClNO3. The maximum atomic E-state index is 14.1. The lowest BCUT2D eigenvalue weighted by Gasteiger charge is -2.29. The predicted octanol–water partition coefficient (Wildman–Crippen LogP) is 10.8. The highest BCUT2D eigenvalue weighted by molar-refractivity contribution is 6.30. The molecule has 4 aromatic rings. The van der Waals surface area contributed by atoms with Gasteiger partial charge in [0.05, 0.1) is 11.5 Å². The number of halogens is 1. The van der Waals surface area contributed by atoms with Gasteiger partial charge in [0.2, 0.25) is 5.91 Å². The first kappa shape index (κ1) is 33.2. The van der Waals surface area contributed by atoms with Crippen LogP contribution in [0.5, 0.6) is 0 Å². The molecule has 0 fully saturated rings. The van der Waals surface area contributed by atoms with E-state index in [1.54, 1.807) is 12.1 Å². The van der Waals surface area contributed by atoms with Gasteiger partial charge in [-0.05, 0) is 134 Å². The molecule has 0 aromatic heterocycles. The molecule has 1 aliphatic rings. The Bertz CT molecular complexity index is 1740. The average molecular weight is 634 g/mol. The Morgan fingerprint density at radius 3 is 2.26 bits per heavy atom. The van der Waals surface area contributed by atoms with Gasteiger partial charge in [-0.15, -0.1) is 0 Å². The minimum Gasteiger partial charge on any atom is -0.456 e. The lowest BCUT2D eigenvalue weighted by Crippen LogP contribution is -2.24. The van der Waals surface area contributed by atoms with Crippen molar-refractivity contribution < 1.29 is 14.3 Å². The highest BCUT2D eigenvalue weighted by Crippen LogP contribution is 2.38. The molecule has 1 amide bonds. The van der Waals surface area contributed by atoms with Gasteiger partial charge in [0, 0.05) is 10.7 Å². The first-order chi connectivity index (χ1) is 21.8. The van der Waals surface area contributed by atoms with E-state index in [1.807, 2.05) is 88.4 Å². The number of carbonyl (C=O) groups excluding carboxylic acids is 2. The van der Waals surface area contributed by atoms with Crippen molar-refractivity contribution in [3.05, 3.63) is 130 Å². The van der Waals surface area contributed by atoms with Crippen molar-refractivity contribution in [2.75, 3.05) is 5.32 Å². The van der Waals surface area contributed by atoms with Crippen LogP contribution in [0.2, 0.25) is 5.02 Å². The lowest BCUT2D eigenvalue weighted by atomic mass is 9.76. The van der Waals surface area contributed by atoms with Crippen LogP contribution in [0.3, 0.4) is 0 Å². The smallest absolute Gasteiger partial charge is 0.338 e. The summed E-state index contributed by atoms with van der Waals surface area (Å²) in [4.78, 5) is 26.7. The Morgan fingerprint density at radius 2 is 1.63 bits per heavy atom. The molecular weight excluding hydrogens is 590 g/mol. The second kappa shape index (κ2) is 13.7. The molecule has 0 unspecified atom stereocenters. The topological polar surface area (TPSA) is 55.4 Å². The highest BCUT2D eigenvalue weighted by Gasteiger charge is 2.25. The summed E-state index contributed by atoms with van der Waals surface area (Å²) in [6.07, 6.45) is 6.06. The monoisotopic (exact) mass is 633 g/mol. The van der Waals surface area contributed by atoms with Gasteiger partial charge in [0.25, 0.3) is 0 Å². The summed E-state index contributed by atoms with van der Waals surface area (Å²) in [5.41, 5.74) is 8.68. The highest BCUT2D eigenvalue weighted by atomic mass is 35.5. The molecule has 5 heteroatoms. The van der Waals surface area contributed by atoms with E-state index in [1.165, 1.54) is 11.1 Å². The van der Waals surface area contributed by atoms with Gasteiger partial charge in [-0.2, -0.15) is 0 Å². The second-order valence-electron chi connectivity index (χ2n) is 14.2. The van der Waals surface area contributed by atoms with E-state index >= 15 is 0 Å². The number of amides is 1. The van der Waals surface area contributed by atoms with Crippen LogP contribution in [0, 0.1) is 12.3 Å². The fourth-order valence-corrected chi connectivity index (χ4v) is 6.15. The van der Waals surface area contributed by atoms with Crippen molar-refractivity contribution in [2.45, 2.75) is 78.7 Å². The summed E-state index contributed by atoms with van der Waals surface area (Å²) in [5.74, 6) is -0.879. The Hall–Kier alpha value is -4.15. The van der Waals surface area contributed by atoms with E-state index in [4.69, 9.17) is 16.3 Å². The lowest BCUT2D eigenvalue weighted by molar-refractivity contribution is -0.117. The summed E-state index contributed by atoms with van der Waals surface area (Å²) in [6, 6.07) is 29.6. The third-order valence-corrected chi connectivity index (χ3v) is 8.86. The number of benzene rings is 4. The van der Waals surface area contributed by atoms with Crippen LogP contribution in [0.1, 0.15) is 92.4 Å². The van der Waals surface area contributed by atoms with E-state index in [0.717, 1.165) is 52.8 Å². The molecule has 1 atom stereocenters. The van der Waals surface area contributed by atoms with E-state index in [0.29, 0.717) is 22.4 Å². The van der Waals surface area contributed by atoms with Gasteiger partial charge in [-0.3, -0.25) is 4.79 Å². The molecule has 1 N–H and O–H groups in total. The fraction of sp³-hybridized carbons (Fsp3) is 0.317. The van der Waals surface area contributed by atoms with Crippen LogP contribution in [0.4, 0.5) is 5.69 Å². The standard InChI is InChI=1S/C41H44ClNO3/c1-27-24-34(42)16-19-36(27)30-14-17-35(18-15-30)43-38(44)37(25-28-10-12-31(13-11-28)39(45)46-40(2,3)4)33-9-7-8-32(26-33)29-20-22-41(5,6)23-21-29/h7-20,24,26,37H,21-23,25H2,1-6H3,(H,43,44)/t37-/m1/s1. The second-order valence-corrected chi connectivity index (χ2v) is 14.6. The number of hydrogen-bond acceptors (Lipinski definition) is 3. The number of rotatable bonds is 8. The number of allylic oxidation sites excluding steroid dienone is 2. The van der Waals surface area contributed by atoms with E-state index in [9.17, 15) is 9.59 Å². The van der Waals surface area contributed by atoms with E-state index in [2.05, 4.69) is 43.4 Å².